The molecule has 0 aromatic heterocycles. The quantitative estimate of drug-likeness (QED) is 0.0767. The molecule has 240 valence electrons. The SMILES string of the molecule is COC(=O)c1c(O)cccc1OCCCCNC[C@@H](N)Cc1ccc(N(C(=O)C(=O)O)c2ccccc2C(=O)O)c2ccccc12. The molecule has 0 saturated heterocycles. The van der Waals surface area contributed by atoms with E-state index in [4.69, 9.17) is 15.2 Å². The second-order valence-electron chi connectivity index (χ2n) is 10.4. The van der Waals surface area contributed by atoms with Gasteiger partial charge in [0.15, 0.2) is 0 Å². The molecule has 6 N–H and O–H groups in total. The molecule has 46 heavy (non-hydrogen) atoms. The van der Waals surface area contributed by atoms with Crippen LogP contribution < -0.4 is 20.7 Å². The first kappa shape index (κ1) is 33.4. The second kappa shape index (κ2) is 15.5. The van der Waals surface area contributed by atoms with Gasteiger partial charge < -0.3 is 35.8 Å². The van der Waals surface area contributed by atoms with Crippen molar-refractivity contribution >= 4 is 46.0 Å². The number of amides is 1. The molecule has 0 fully saturated rings. The van der Waals surface area contributed by atoms with E-state index in [1.165, 1.54) is 37.4 Å². The van der Waals surface area contributed by atoms with E-state index >= 15 is 0 Å². The number of hydrogen-bond acceptors (Lipinski definition) is 9. The third-order valence-corrected chi connectivity index (χ3v) is 7.28. The largest absolute Gasteiger partial charge is 0.507 e. The van der Waals surface area contributed by atoms with Gasteiger partial charge in [0.2, 0.25) is 0 Å². The maximum atomic E-state index is 12.9. The van der Waals surface area contributed by atoms with Gasteiger partial charge in [-0.05, 0) is 67.1 Å². The van der Waals surface area contributed by atoms with E-state index in [0.29, 0.717) is 37.9 Å². The number of fused-ring (bicyclic) bond motifs is 1. The normalized spacial score (nSPS) is 11.5. The Labute approximate surface area is 265 Å². The first-order valence-electron chi connectivity index (χ1n) is 14.5. The van der Waals surface area contributed by atoms with Crippen molar-refractivity contribution < 1.29 is 44.0 Å². The summed E-state index contributed by atoms with van der Waals surface area (Å²) in [6, 6.07) is 20.6. The number of carbonyl (C=O) groups is 4. The molecule has 0 spiro atoms. The van der Waals surface area contributed by atoms with Crippen LogP contribution in [0.25, 0.3) is 10.8 Å². The topological polar surface area (TPSA) is 189 Å². The average Bonchev–Trinajstić information content (AvgIpc) is 3.05. The molecule has 0 unspecified atom stereocenters. The predicted octanol–water partition coefficient (Wildman–Crippen LogP) is 4.10. The molecule has 0 aliphatic heterocycles. The van der Waals surface area contributed by atoms with Crippen molar-refractivity contribution in [3.8, 4) is 11.5 Å². The summed E-state index contributed by atoms with van der Waals surface area (Å²) in [6.45, 7) is 1.50. The van der Waals surface area contributed by atoms with Crippen LogP contribution in [0.5, 0.6) is 11.5 Å². The van der Waals surface area contributed by atoms with Gasteiger partial charge >= 0.3 is 23.8 Å². The number of aromatic hydroxyl groups is 1. The van der Waals surface area contributed by atoms with Crippen molar-refractivity contribution in [3.63, 3.8) is 0 Å². The highest BCUT2D eigenvalue weighted by molar-refractivity contribution is 6.40. The Balaban J connectivity index is 1.40. The van der Waals surface area contributed by atoms with Crippen molar-refractivity contribution in [1.29, 1.82) is 0 Å². The van der Waals surface area contributed by atoms with Gasteiger partial charge in [-0.3, -0.25) is 9.69 Å². The number of methoxy groups -OCH3 is 1. The third kappa shape index (κ3) is 7.78. The number of carbonyl (C=O) groups excluding carboxylic acids is 2. The molecule has 0 radical (unpaired) electrons. The fraction of sp³-hybridized carbons (Fsp3) is 0.235. The number of carboxylic acid groups (broad SMARTS) is 2. The molecule has 0 heterocycles. The minimum Gasteiger partial charge on any atom is -0.507 e. The highest BCUT2D eigenvalue weighted by atomic mass is 16.5. The number of anilines is 2. The lowest BCUT2D eigenvalue weighted by molar-refractivity contribution is -0.148. The summed E-state index contributed by atoms with van der Waals surface area (Å²) in [5.41, 5.74) is 7.28. The first-order chi connectivity index (χ1) is 22.1. The van der Waals surface area contributed by atoms with Gasteiger partial charge in [-0.15, -0.1) is 0 Å². The lowest BCUT2D eigenvalue weighted by Gasteiger charge is -2.25. The zero-order chi connectivity index (χ0) is 33.2. The summed E-state index contributed by atoms with van der Waals surface area (Å²) >= 11 is 0. The van der Waals surface area contributed by atoms with Crippen molar-refractivity contribution in [2.45, 2.75) is 25.3 Å². The van der Waals surface area contributed by atoms with Crippen LogP contribution >= 0.6 is 0 Å². The van der Waals surface area contributed by atoms with Crippen LogP contribution in [-0.4, -0.2) is 72.0 Å². The van der Waals surface area contributed by atoms with E-state index in [-0.39, 0.29) is 40.0 Å². The number of aliphatic carboxylic acids is 1. The van der Waals surface area contributed by atoms with E-state index in [9.17, 15) is 34.5 Å². The molecule has 4 aromatic rings. The van der Waals surface area contributed by atoms with Gasteiger partial charge in [-0.1, -0.05) is 48.5 Å². The third-order valence-electron chi connectivity index (χ3n) is 7.28. The number of nitrogens with zero attached hydrogens (tertiary/aromatic N) is 1. The van der Waals surface area contributed by atoms with E-state index in [2.05, 4.69) is 5.32 Å². The molecule has 1 atom stereocenters. The maximum Gasteiger partial charge on any atom is 0.395 e. The average molecular weight is 630 g/mol. The minimum atomic E-state index is -1.72. The van der Waals surface area contributed by atoms with Crippen LogP contribution in [-0.2, 0) is 20.7 Å². The Hall–Kier alpha value is -5.46. The number of ether oxygens (including phenoxy) is 2. The fourth-order valence-corrected chi connectivity index (χ4v) is 5.14. The number of esters is 1. The Morgan fingerprint density at radius 2 is 1.59 bits per heavy atom. The summed E-state index contributed by atoms with van der Waals surface area (Å²) in [4.78, 5) is 49.6. The number of benzene rings is 4. The van der Waals surface area contributed by atoms with Crippen molar-refractivity contribution in [1.82, 2.24) is 5.32 Å². The Kier molecular flexibility index (Phi) is 11.3. The summed E-state index contributed by atoms with van der Waals surface area (Å²) in [5, 5.41) is 34.0. The summed E-state index contributed by atoms with van der Waals surface area (Å²) < 4.78 is 10.4. The number of carboxylic acids is 2. The Morgan fingerprint density at radius 1 is 0.870 bits per heavy atom. The van der Waals surface area contributed by atoms with Crippen LogP contribution in [0, 0.1) is 0 Å². The standard InChI is InChI=1S/C34H35N3O9/c1-45-34(44)30-28(38)13-8-14-29(30)46-18-7-6-17-36-20-22(35)19-21-15-16-27(24-10-3-2-9-23(21)24)37(31(39)33(42)43)26-12-5-4-11-25(26)32(40)41/h2-5,8-16,22,36,38H,6-7,17-20,35H2,1H3,(H,40,41)(H,42,43)/t22-/m0/s1. The number of aromatic carboxylic acids is 1. The number of rotatable bonds is 14. The van der Waals surface area contributed by atoms with E-state index in [1.807, 2.05) is 12.1 Å². The molecule has 0 aliphatic rings. The van der Waals surface area contributed by atoms with E-state index < -0.39 is 23.8 Å². The van der Waals surface area contributed by atoms with Gasteiger partial charge in [0.25, 0.3) is 0 Å². The van der Waals surface area contributed by atoms with Gasteiger partial charge in [0.1, 0.15) is 17.1 Å². The maximum absolute atomic E-state index is 12.9. The summed E-state index contributed by atoms with van der Waals surface area (Å²) in [5.74, 6) is -4.95. The number of phenolic OH excluding ortho intramolecular Hbond substituents is 1. The summed E-state index contributed by atoms with van der Waals surface area (Å²) in [6.07, 6.45) is 1.92. The Morgan fingerprint density at radius 3 is 2.30 bits per heavy atom. The molecule has 4 aromatic carbocycles. The van der Waals surface area contributed by atoms with Gasteiger partial charge in [0, 0.05) is 18.0 Å². The van der Waals surface area contributed by atoms with Gasteiger partial charge in [-0.2, -0.15) is 0 Å². The molecule has 12 nitrogen and oxygen atoms in total. The predicted molar refractivity (Wildman–Crippen MR) is 171 cm³/mol. The van der Waals surface area contributed by atoms with Crippen molar-refractivity contribution in [3.05, 3.63) is 95.6 Å². The number of phenols is 1. The molecular formula is C34H35N3O9. The van der Waals surface area contributed by atoms with E-state index in [0.717, 1.165) is 22.3 Å². The molecule has 4 rings (SSSR count). The van der Waals surface area contributed by atoms with Crippen LogP contribution in [0.1, 0.15) is 39.1 Å². The second-order valence-corrected chi connectivity index (χ2v) is 10.4. The zero-order valence-corrected chi connectivity index (χ0v) is 25.1. The highest BCUT2D eigenvalue weighted by Crippen LogP contribution is 2.36. The number of para-hydroxylation sites is 1. The van der Waals surface area contributed by atoms with Crippen LogP contribution in [0.15, 0.2) is 78.9 Å². The van der Waals surface area contributed by atoms with Crippen molar-refractivity contribution in [2.24, 2.45) is 5.73 Å². The van der Waals surface area contributed by atoms with Crippen molar-refractivity contribution in [2.75, 3.05) is 31.7 Å². The zero-order valence-electron chi connectivity index (χ0n) is 25.1. The lowest BCUT2D eigenvalue weighted by atomic mass is 9.96. The van der Waals surface area contributed by atoms with Gasteiger partial charge in [-0.25, -0.2) is 14.4 Å². The molecule has 0 saturated carbocycles. The molecular weight excluding hydrogens is 594 g/mol. The molecule has 0 bridgehead atoms. The van der Waals surface area contributed by atoms with Crippen LogP contribution in [0.3, 0.4) is 0 Å². The monoisotopic (exact) mass is 629 g/mol. The Bertz CT molecular complexity index is 1740. The minimum absolute atomic E-state index is 0.0130. The first-order valence-corrected chi connectivity index (χ1v) is 14.5. The molecule has 12 heteroatoms. The molecule has 0 aliphatic carbocycles. The smallest absolute Gasteiger partial charge is 0.395 e. The number of unbranched alkanes of at least 4 members (excludes halogenated alkanes) is 1. The number of hydrogen-bond donors (Lipinski definition) is 5. The van der Waals surface area contributed by atoms with E-state index in [1.54, 1.807) is 36.4 Å². The lowest BCUT2D eigenvalue weighted by Crippen LogP contribution is -2.36. The number of nitrogens with two attached hydrogens (primary N) is 1. The van der Waals surface area contributed by atoms with Crippen LogP contribution in [0.4, 0.5) is 11.4 Å². The molecule has 1 amide bonds. The number of nitrogens with one attached hydrogen (secondary N) is 1. The summed E-state index contributed by atoms with van der Waals surface area (Å²) in [7, 11) is 1.23. The van der Waals surface area contributed by atoms with Gasteiger partial charge in [0.05, 0.1) is 30.7 Å². The highest BCUT2D eigenvalue weighted by Gasteiger charge is 2.29. The van der Waals surface area contributed by atoms with Crippen LogP contribution in [0.2, 0.25) is 0 Å². The fourth-order valence-electron chi connectivity index (χ4n) is 5.14.